The lowest BCUT2D eigenvalue weighted by atomic mass is 10.2. The average molecular weight is 384 g/mol. The topological polar surface area (TPSA) is 72.3 Å². The van der Waals surface area contributed by atoms with Crippen LogP contribution in [0.1, 0.15) is 5.82 Å². The maximum atomic E-state index is 4.65. The zero-order chi connectivity index (χ0) is 18.8. The Bertz CT molecular complexity index is 1180. The van der Waals surface area contributed by atoms with E-state index in [1.165, 1.54) is 0 Å². The fraction of sp³-hybridized carbons (Fsp3) is 0.0476. The molecule has 0 atom stereocenters. The first-order valence-electron chi connectivity index (χ1n) is 8.86. The summed E-state index contributed by atoms with van der Waals surface area (Å²) in [6.07, 6.45) is 3.56. The van der Waals surface area contributed by atoms with E-state index in [4.69, 9.17) is 0 Å². The van der Waals surface area contributed by atoms with Gasteiger partial charge in [-0.05, 0) is 36.4 Å². The number of imidazole rings is 1. The second-order valence-electron chi connectivity index (χ2n) is 6.21. The predicted molar refractivity (Wildman–Crippen MR) is 110 cm³/mol. The molecule has 5 aromatic rings. The molecule has 0 bridgehead atoms. The van der Waals surface area contributed by atoms with Gasteiger partial charge in [0.2, 0.25) is 0 Å². The highest BCUT2D eigenvalue weighted by atomic mass is 32.2. The van der Waals surface area contributed by atoms with Crippen molar-refractivity contribution in [3.63, 3.8) is 0 Å². The van der Waals surface area contributed by atoms with Crippen LogP contribution < -0.4 is 0 Å². The van der Waals surface area contributed by atoms with Gasteiger partial charge in [-0.3, -0.25) is 9.55 Å². The lowest BCUT2D eigenvalue weighted by molar-refractivity contribution is 0.884. The molecule has 3 aromatic heterocycles. The van der Waals surface area contributed by atoms with Gasteiger partial charge in [0.05, 0.1) is 16.8 Å². The number of para-hydroxylation sites is 3. The molecule has 2 aromatic carbocycles. The van der Waals surface area contributed by atoms with Gasteiger partial charge in [-0.1, -0.05) is 42.1 Å². The Morgan fingerprint density at radius 2 is 1.75 bits per heavy atom. The fourth-order valence-electron chi connectivity index (χ4n) is 3.06. The number of aromatic nitrogens is 6. The van der Waals surface area contributed by atoms with Crippen molar-refractivity contribution in [2.24, 2.45) is 0 Å². The van der Waals surface area contributed by atoms with Gasteiger partial charge in [0.1, 0.15) is 5.82 Å². The number of thioether (sulfide) groups is 1. The number of benzene rings is 2. The Labute approximate surface area is 165 Å². The first-order valence-corrected chi connectivity index (χ1v) is 9.85. The molecule has 0 unspecified atom stereocenters. The number of aromatic amines is 1. The zero-order valence-electron chi connectivity index (χ0n) is 14.9. The highest BCUT2D eigenvalue weighted by Crippen LogP contribution is 2.29. The predicted octanol–water partition coefficient (Wildman–Crippen LogP) is 4.50. The monoisotopic (exact) mass is 384 g/mol. The highest BCUT2D eigenvalue weighted by molar-refractivity contribution is 7.98. The molecule has 0 aliphatic carbocycles. The number of H-pyrrole nitrogens is 1. The smallest absolute Gasteiger partial charge is 0.196 e. The van der Waals surface area contributed by atoms with Crippen LogP contribution in [0.2, 0.25) is 0 Å². The minimum atomic E-state index is 0.673. The van der Waals surface area contributed by atoms with Crippen LogP contribution in [0.3, 0.4) is 0 Å². The van der Waals surface area contributed by atoms with Crippen LogP contribution in [0.25, 0.3) is 28.1 Å². The standard InChI is InChI=1S/C21H16N6S/c1-2-8-16(9-3-1)27-20(15-7-6-12-22-13-15)25-26-21(27)28-14-19-23-17-10-4-5-11-18(17)24-19/h1-13H,14H2,(H,23,24). The van der Waals surface area contributed by atoms with E-state index in [9.17, 15) is 0 Å². The number of pyridine rings is 1. The Balaban J connectivity index is 1.51. The Morgan fingerprint density at radius 3 is 2.57 bits per heavy atom. The maximum Gasteiger partial charge on any atom is 0.196 e. The van der Waals surface area contributed by atoms with Gasteiger partial charge < -0.3 is 4.98 Å². The second kappa shape index (κ2) is 7.28. The van der Waals surface area contributed by atoms with Gasteiger partial charge >= 0.3 is 0 Å². The minimum absolute atomic E-state index is 0.673. The number of rotatable bonds is 5. The van der Waals surface area contributed by atoms with E-state index < -0.39 is 0 Å². The second-order valence-corrected chi connectivity index (χ2v) is 7.15. The summed E-state index contributed by atoms with van der Waals surface area (Å²) in [6.45, 7) is 0. The summed E-state index contributed by atoms with van der Waals surface area (Å²) in [4.78, 5) is 12.2. The van der Waals surface area contributed by atoms with Crippen molar-refractivity contribution >= 4 is 22.8 Å². The van der Waals surface area contributed by atoms with E-state index in [1.807, 2.05) is 54.6 Å². The third kappa shape index (κ3) is 3.16. The van der Waals surface area contributed by atoms with Gasteiger partial charge in [-0.2, -0.15) is 0 Å². The molecule has 1 N–H and O–H groups in total. The van der Waals surface area contributed by atoms with Crippen molar-refractivity contribution in [3.05, 3.63) is 84.9 Å². The molecule has 0 fully saturated rings. The number of nitrogens with one attached hydrogen (secondary N) is 1. The lowest BCUT2D eigenvalue weighted by Gasteiger charge is -2.09. The van der Waals surface area contributed by atoms with Crippen molar-refractivity contribution in [2.75, 3.05) is 0 Å². The summed E-state index contributed by atoms with van der Waals surface area (Å²) in [5.74, 6) is 2.36. The third-order valence-electron chi connectivity index (χ3n) is 4.34. The summed E-state index contributed by atoms with van der Waals surface area (Å²) < 4.78 is 2.06. The van der Waals surface area contributed by atoms with E-state index in [1.54, 1.807) is 24.2 Å². The Kier molecular flexibility index (Phi) is 4.34. The van der Waals surface area contributed by atoms with Crippen molar-refractivity contribution in [1.29, 1.82) is 0 Å². The largest absolute Gasteiger partial charge is 0.341 e. The summed E-state index contributed by atoms with van der Waals surface area (Å²) in [5.41, 5.74) is 3.95. The van der Waals surface area contributed by atoms with Crippen LogP contribution in [-0.4, -0.2) is 29.7 Å². The van der Waals surface area contributed by atoms with Crippen molar-refractivity contribution in [3.8, 4) is 17.1 Å². The molecule has 7 heteroatoms. The third-order valence-corrected chi connectivity index (χ3v) is 5.28. The van der Waals surface area contributed by atoms with E-state index in [-0.39, 0.29) is 0 Å². The normalized spacial score (nSPS) is 11.1. The average Bonchev–Trinajstić information content (AvgIpc) is 3.37. The molecule has 0 saturated carbocycles. The number of nitrogens with zero attached hydrogens (tertiary/aromatic N) is 5. The first-order chi connectivity index (χ1) is 13.9. The van der Waals surface area contributed by atoms with Crippen LogP contribution in [0.4, 0.5) is 0 Å². The number of fused-ring (bicyclic) bond motifs is 1. The highest BCUT2D eigenvalue weighted by Gasteiger charge is 2.16. The fourth-order valence-corrected chi connectivity index (χ4v) is 3.88. The van der Waals surface area contributed by atoms with Crippen LogP contribution >= 0.6 is 11.8 Å². The van der Waals surface area contributed by atoms with E-state index in [2.05, 4.69) is 41.8 Å². The van der Waals surface area contributed by atoms with Crippen molar-refractivity contribution < 1.29 is 0 Å². The van der Waals surface area contributed by atoms with Crippen molar-refractivity contribution in [1.82, 2.24) is 29.7 Å². The SMILES string of the molecule is c1ccc(-n2c(SCc3nc4ccccc4[nH]3)nnc2-c2cccnc2)cc1. The zero-order valence-corrected chi connectivity index (χ0v) is 15.7. The van der Waals surface area contributed by atoms with Crippen LogP contribution in [-0.2, 0) is 5.75 Å². The quantitative estimate of drug-likeness (QED) is 0.452. The van der Waals surface area contributed by atoms with Crippen molar-refractivity contribution in [2.45, 2.75) is 10.9 Å². The summed E-state index contributed by atoms with van der Waals surface area (Å²) in [7, 11) is 0. The molecule has 0 saturated heterocycles. The molecule has 3 heterocycles. The molecule has 0 radical (unpaired) electrons. The molecule has 0 spiro atoms. The Morgan fingerprint density at radius 1 is 0.893 bits per heavy atom. The Hall–Kier alpha value is -3.45. The van der Waals surface area contributed by atoms with Crippen LogP contribution in [0.5, 0.6) is 0 Å². The van der Waals surface area contributed by atoms with Gasteiger partial charge in [-0.15, -0.1) is 10.2 Å². The summed E-state index contributed by atoms with van der Waals surface area (Å²) >= 11 is 1.60. The van der Waals surface area contributed by atoms with E-state index in [0.717, 1.165) is 39.1 Å². The molecular formula is C21H16N6S. The first kappa shape index (κ1) is 16.7. The van der Waals surface area contributed by atoms with Gasteiger partial charge in [0, 0.05) is 23.6 Å². The lowest BCUT2D eigenvalue weighted by Crippen LogP contribution is -2.00. The molecule has 0 amide bonds. The van der Waals surface area contributed by atoms with Gasteiger partial charge in [0.25, 0.3) is 0 Å². The van der Waals surface area contributed by atoms with E-state index in [0.29, 0.717) is 5.75 Å². The molecule has 5 rings (SSSR count). The minimum Gasteiger partial charge on any atom is -0.341 e. The number of hydrogen-bond donors (Lipinski definition) is 1. The molecule has 0 aliphatic rings. The molecule has 28 heavy (non-hydrogen) atoms. The summed E-state index contributed by atoms with van der Waals surface area (Å²) in [5, 5.41) is 9.69. The van der Waals surface area contributed by atoms with E-state index >= 15 is 0 Å². The van der Waals surface area contributed by atoms with Gasteiger partial charge in [0.15, 0.2) is 11.0 Å². The molecule has 136 valence electrons. The summed E-state index contributed by atoms with van der Waals surface area (Å²) in [6, 6.07) is 22.0. The van der Waals surface area contributed by atoms with Crippen LogP contribution in [0.15, 0.2) is 84.3 Å². The molecule has 6 nitrogen and oxygen atoms in total. The maximum absolute atomic E-state index is 4.65. The van der Waals surface area contributed by atoms with Gasteiger partial charge in [-0.25, -0.2) is 4.98 Å². The van der Waals surface area contributed by atoms with Crippen LogP contribution in [0, 0.1) is 0 Å². The molecule has 0 aliphatic heterocycles. The molecular weight excluding hydrogens is 368 g/mol. The number of hydrogen-bond acceptors (Lipinski definition) is 5.